The standard InChI is InChI=1S/C8H3Cl3N4O4S2/c9-6-5(7(10)13-2-12-6)14-21(18,19)4-1-3(15(16)17)8(11)20-4/h1-2,14H. The minimum Gasteiger partial charge on any atom is -0.273 e. The minimum atomic E-state index is -4.16. The first-order valence-electron chi connectivity index (χ1n) is 4.85. The highest BCUT2D eigenvalue weighted by atomic mass is 35.5. The Balaban J connectivity index is 2.44. The Morgan fingerprint density at radius 2 is 1.81 bits per heavy atom. The van der Waals surface area contributed by atoms with Crippen molar-refractivity contribution in [1.29, 1.82) is 0 Å². The maximum absolute atomic E-state index is 12.1. The van der Waals surface area contributed by atoms with Crippen molar-refractivity contribution in [2.45, 2.75) is 4.21 Å². The zero-order valence-corrected chi connectivity index (χ0v) is 13.5. The molecule has 0 saturated carbocycles. The Bertz CT molecular complexity index is 803. The average molecular weight is 390 g/mol. The second-order valence-electron chi connectivity index (χ2n) is 3.42. The summed E-state index contributed by atoms with van der Waals surface area (Å²) in [6.07, 6.45) is 1.05. The summed E-state index contributed by atoms with van der Waals surface area (Å²) in [5.41, 5.74) is -0.739. The topological polar surface area (TPSA) is 115 Å². The van der Waals surface area contributed by atoms with Gasteiger partial charge in [0.05, 0.1) is 4.92 Å². The van der Waals surface area contributed by atoms with Gasteiger partial charge in [0, 0.05) is 6.07 Å². The highest BCUT2D eigenvalue weighted by molar-refractivity contribution is 7.94. The van der Waals surface area contributed by atoms with Gasteiger partial charge in [0.15, 0.2) is 14.6 Å². The first-order chi connectivity index (χ1) is 9.72. The fraction of sp³-hybridized carbons (Fsp3) is 0. The molecule has 0 aliphatic rings. The molecule has 0 atom stereocenters. The van der Waals surface area contributed by atoms with Gasteiger partial charge < -0.3 is 0 Å². The van der Waals surface area contributed by atoms with Crippen LogP contribution in [0, 0.1) is 10.1 Å². The largest absolute Gasteiger partial charge is 0.300 e. The quantitative estimate of drug-likeness (QED) is 0.488. The van der Waals surface area contributed by atoms with E-state index >= 15 is 0 Å². The van der Waals surface area contributed by atoms with Crippen LogP contribution in [-0.4, -0.2) is 23.3 Å². The van der Waals surface area contributed by atoms with Gasteiger partial charge in [0.1, 0.15) is 16.2 Å². The van der Waals surface area contributed by atoms with Gasteiger partial charge in [0.25, 0.3) is 15.7 Å². The average Bonchev–Trinajstić information content (AvgIpc) is 2.77. The van der Waals surface area contributed by atoms with Crippen molar-refractivity contribution in [3.8, 4) is 0 Å². The van der Waals surface area contributed by atoms with Gasteiger partial charge in [-0.1, -0.05) is 34.8 Å². The van der Waals surface area contributed by atoms with E-state index in [9.17, 15) is 18.5 Å². The SMILES string of the molecule is O=[N+]([O-])c1cc(S(=O)(=O)Nc2c(Cl)ncnc2Cl)sc1Cl. The van der Waals surface area contributed by atoms with Gasteiger partial charge in [-0.3, -0.25) is 14.8 Å². The van der Waals surface area contributed by atoms with E-state index in [-0.39, 0.29) is 24.5 Å². The summed E-state index contributed by atoms with van der Waals surface area (Å²) < 4.78 is 25.7. The van der Waals surface area contributed by atoms with E-state index < -0.39 is 20.6 Å². The maximum atomic E-state index is 12.1. The molecule has 0 amide bonds. The molecule has 0 fully saturated rings. The van der Waals surface area contributed by atoms with Gasteiger partial charge >= 0.3 is 0 Å². The molecule has 2 rings (SSSR count). The van der Waals surface area contributed by atoms with Crippen LogP contribution in [-0.2, 0) is 10.0 Å². The van der Waals surface area contributed by atoms with Crippen molar-refractivity contribution in [2.24, 2.45) is 0 Å². The van der Waals surface area contributed by atoms with Crippen LogP contribution in [0.5, 0.6) is 0 Å². The number of halogens is 3. The van der Waals surface area contributed by atoms with Crippen LogP contribution in [0.4, 0.5) is 11.4 Å². The Kier molecular flexibility index (Phi) is 4.54. The predicted octanol–water partition coefficient (Wildman–Crippen LogP) is 3.21. The maximum Gasteiger partial charge on any atom is 0.300 e. The summed E-state index contributed by atoms with van der Waals surface area (Å²) in [7, 11) is -4.16. The van der Waals surface area contributed by atoms with Crippen molar-refractivity contribution in [2.75, 3.05) is 4.72 Å². The molecule has 0 bridgehead atoms. The van der Waals surface area contributed by atoms with Gasteiger partial charge in [-0.25, -0.2) is 18.4 Å². The third-order valence-electron chi connectivity index (χ3n) is 2.10. The molecule has 0 aliphatic heterocycles. The van der Waals surface area contributed by atoms with E-state index in [4.69, 9.17) is 34.8 Å². The molecular formula is C8H3Cl3N4O4S2. The van der Waals surface area contributed by atoms with Crippen molar-refractivity contribution in [3.63, 3.8) is 0 Å². The molecule has 21 heavy (non-hydrogen) atoms. The first-order valence-corrected chi connectivity index (χ1v) is 8.28. The Morgan fingerprint density at radius 3 is 2.29 bits per heavy atom. The van der Waals surface area contributed by atoms with E-state index in [1.807, 2.05) is 0 Å². The smallest absolute Gasteiger partial charge is 0.273 e. The van der Waals surface area contributed by atoms with Crippen molar-refractivity contribution >= 4 is 67.5 Å². The molecule has 0 saturated heterocycles. The third kappa shape index (κ3) is 3.35. The number of aromatic nitrogens is 2. The number of nitro groups is 1. The lowest BCUT2D eigenvalue weighted by Crippen LogP contribution is -2.13. The van der Waals surface area contributed by atoms with Crippen molar-refractivity contribution < 1.29 is 13.3 Å². The molecule has 2 aromatic heterocycles. The van der Waals surface area contributed by atoms with Gasteiger partial charge in [-0.05, 0) is 0 Å². The third-order valence-corrected chi connectivity index (χ3v) is 5.83. The molecule has 0 unspecified atom stereocenters. The van der Waals surface area contributed by atoms with Crippen LogP contribution < -0.4 is 4.72 Å². The number of sulfonamides is 1. The van der Waals surface area contributed by atoms with Crippen LogP contribution in [0.25, 0.3) is 0 Å². The van der Waals surface area contributed by atoms with Crippen molar-refractivity contribution in [1.82, 2.24) is 9.97 Å². The molecule has 0 aromatic carbocycles. The highest BCUT2D eigenvalue weighted by Crippen LogP contribution is 2.37. The van der Waals surface area contributed by atoms with E-state index in [0.717, 1.165) is 12.4 Å². The molecule has 0 spiro atoms. The number of thiophene rings is 1. The lowest BCUT2D eigenvalue weighted by Gasteiger charge is -2.07. The van der Waals surface area contributed by atoms with E-state index in [1.54, 1.807) is 0 Å². The fourth-order valence-electron chi connectivity index (χ4n) is 1.21. The Hall–Kier alpha value is -1.20. The summed E-state index contributed by atoms with van der Waals surface area (Å²) in [6, 6.07) is 0.834. The van der Waals surface area contributed by atoms with Crippen LogP contribution in [0.15, 0.2) is 16.6 Å². The molecular weight excluding hydrogens is 387 g/mol. The molecule has 0 radical (unpaired) electrons. The predicted molar refractivity (Wildman–Crippen MR) is 78.8 cm³/mol. The summed E-state index contributed by atoms with van der Waals surface area (Å²) in [6.45, 7) is 0. The van der Waals surface area contributed by atoms with Gasteiger partial charge in [-0.15, -0.1) is 11.3 Å². The monoisotopic (exact) mass is 388 g/mol. The highest BCUT2D eigenvalue weighted by Gasteiger charge is 2.26. The lowest BCUT2D eigenvalue weighted by molar-refractivity contribution is -0.384. The zero-order valence-electron chi connectivity index (χ0n) is 9.58. The number of anilines is 1. The summed E-state index contributed by atoms with van der Waals surface area (Å²) in [5, 5.41) is 10.3. The zero-order chi connectivity index (χ0) is 15.8. The van der Waals surface area contributed by atoms with Gasteiger partial charge in [0.2, 0.25) is 0 Å². The van der Waals surface area contributed by atoms with Crippen LogP contribution >= 0.6 is 46.1 Å². The summed E-state index contributed by atoms with van der Waals surface area (Å²) in [5.74, 6) is 0. The summed E-state index contributed by atoms with van der Waals surface area (Å²) >= 11 is 17.6. The normalized spacial score (nSPS) is 11.4. The lowest BCUT2D eigenvalue weighted by atomic mass is 10.6. The number of nitrogens with zero attached hydrogens (tertiary/aromatic N) is 3. The number of hydrogen-bond donors (Lipinski definition) is 1. The van der Waals surface area contributed by atoms with Crippen LogP contribution in [0.1, 0.15) is 0 Å². The number of hydrogen-bond acceptors (Lipinski definition) is 7. The molecule has 8 nitrogen and oxygen atoms in total. The number of rotatable bonds is 4. The van der Waals surface area contributed by atoms with E-state index in [2.05, 4.69) is 14.7 Å². The van der Waals surface area contributed by atoms with E-state index in [0.29, 0.717) is 11.3 Å². The first kappa shape index (κ1) is 16.2. The Labute approximate surface area is 136 Å². The molecule has 2 aromatic rings. The summed E-state index contributed by atoms with van der Waals surface area (Å²) in [4.78, 5) is 17.1. The fourth-order valence-corrected chi connectivity index (χ4v) is 4.47. The second kappa shape index (κ2) is 5.89. The molecule has 0 aliphatic carbocycles. The molecule has 112 valence electrons. The van der Waals surface area contributed by atoms with Gasteiger partial charge in [-0.2, -0.15) is 0 Å². The number of nitrogens with one attached hydrogen (secondary N) is 1. The van der Waals surface area contributed by atoms with Crippen LogP contribution in [0.3, 0.4) is 0 Å². The second-order valence-corrected chi connectivity index (χ2v) is 7.70. The van der Waals surface area contributed by atoms with Crippen LogP contribution in [0.2, 0.25) is 14.6 Å². The Morgan fingerprint density at radius 1 is 1.24 bits per heavy atom. The molecule has 1 N–H and O–H groups in total. The van der Waals surface area contributed by atoms with Crippen molar-refractivity contribution in [3.05, 3.63) is 37.2 Å². The minimum absolute atomic E-state index is 0.212. The molecule has 2 heterocycles. The van der Waals surface area contributed by atoms with E-state index in [1.165, 1.54) is 0 Å². The molecule has 13 heteroatoms.